The summed E-state index contributed by atoms with van der Waals surface area (Å²) in [6, 6.07) is 4.94. The first-order valence-corrected chi connectivity index (χ1v) is 7.21. The van der Waals surface area contributed by atoms with E-state index in [1.54, 1.807) is 0 Å². The number of nitrogens with two attached hydrogens (primary N) is 1. The average molecular weight is 313 g/mol. The van der Waals surface area contributed by atoms with Crippen LogP contribution in [0.15, 0.2) is 33.7 Å². The Kier molecular flexibility index (Phi) is 4.14. The van der Waals surface area contributed by atoms with Crippen molar-refractivity contribution in [3.63, 3.8) is 0 Å². The number of aromatic nitrogens is 2. The van der Waals surface area contributed by atoms with Crippen molar-refractivity contribution in [2.24, 2.45) is 5.73 Å². The van der Waals surface area contributed by atoms with Gasteiger partial charge in [-0.15, -0.1) is 0 Å². The topological polar surface area (TPSA) is 154 Å². The zero-order chi connectivity index (χ0) is 15.5. The molecule has 3 N–H and O–H groups in total. The van der Waals surface area contributed by atoms with Crippen LogP contribution in [0.25, 0.3) is 0 Å². The first kappa shape index (κ1) is 14.9. The Morgan fingerprint density at radius 3 is 2.76 bits per heavy atom. The molecule has 0 amide bonds. The third-order valence-electron chi connectivity index (χ3n) is 2.40. The molecule has 0 fully saturated rings. The predicted molar refractivity (Wildman–Crippen MR) is 71.0 cm³/mol. The van der Waals surface area contributed by atoms with E-state index in [1.807, 2.05) is 4.72 Å². The second-order valence-electron chi connectivity index (χ2n) is 3.88. The van der Waals surface area contributed by atoms with Gasteiger partial charge in [0.15, 0.2) is 4.90 Å². The number of para-hydroxylation sites is 1. The Hall–Kier alpha value is -2.53. The maximum Gasteiger partial charge on any atom is 0.289 e. The van der Waals surface area contributed by atoms with Gasteiger partial charge in [0.1, 0.15) is 0 Å². The highest BCUT2D eigenvalue weighted by atomic mass is 32.2. The first-order chi connectivity index (χ1) is 9.94. The van der Waals surface area contributed by atoms with Crippen molar-refractivity contribution in [2.75, 3.05) is 11.3 Å². The maximum absolute atomic E-state index is 12.1. The summed E-state index contributed by atoms with van der Waals surface area (Å²) in [5.74, 6) is -0.144. The summed E-state index contributed by atoms with van der Waals surface area (Å²) in [6.07, 6.45) is 0.292. The minimum atomic E-state index is -4.20. The van der Waals surface area contributed by atoms with Gasteiger partial charge in [0, 0.05) is 19.0 Å². The fraction of sp³-hybridized carbons (Fsp3) is 0.200. The van der Waals surface area contributed by atoms with Gasteiger partial charge in [-0.2, -0.15) is 4.98 Å². The van der Waals surface area contributed by atoms with E-state index in [0.29, 0.717) is 6.42 Å². The summed E-state index contributed by atoms with van der Waals surface area (Å²) in [6.45, 7) is 0.262. The lowest BCUT2D eigenvalue weighted by molar-refractivity contribution is -0.387. The number of nitrogens with one attached hydrogen (secondary N) is 1. The van der Waals surface area contributed by atoms with E-state index < -0.39 is 25.5 Å². The van der Waals surface area contributed by atoms with Gasteiger partial charge in [-0.05, 0) is 11.2 Å². The molecule has 0 radical (unpaired) electrons. The van der Waals surface area contributed by atoms with Crippen LogP contribution in [-0.2, 0) is 16.4 Å². The highest BCUT2D eigenvalue weighted by molar-refractivity contribution is 7.92. The molecule has 2 aromatic rings. The molecule has 0 aliphatic rings. The molecule has 10 nitrogen and oxygen atoms in total. The molecule has 0 bridgehead atoms. The van der Waals surface area contributed by atoms with Gasteiger partial charge in [-0.1, -0.05) is 12.1 Å². The third kappa shape index (κ3) is 3.32. The summed E-state index contributed by atoms with van der Waals surface area (Å²) >= 11 is 0. The van der Waals surface area contributed by atoms with Gasteiger partial charge in [-0.25, -0.2) is 13.1 Å². The Morgan fingerprint density at radius 2 is 2.10 bits per heavy atom. The van der Waals surface area contributed by atoms with Crippen LogP contribution in [0, 0.1) is 10.1 Å². The molecule has 0 unspecified atom stereocenters. The standard InChI is InChI=1S/C10H11N5O5S/c11-6-5-9-12-10(13-20-9)14-21(18,19)8-4-2-1-3-7(8)15(16)17/h1-4H,5-6,11H2,(H,13,14). The van der Waals surface area contributed by atoms with Crippen molar-refractivity contribution in [1.82, 2.24) is 10.1 Å². The van der Waals surface area contributed by atoms with Gasteiger partial charge in [0.2, 0.25) is 5.89 Å². The van der Waals surface area contributed by atoms with Gasteiger partial charge < -0.3 is 10.3 Å². The van der Waals surface area contributed by atoms with E-state index in [1.165, 1.54) is 12.1 Å². The molecule has 1 aromatic carbocycles. The highest BCUT2D eigenvalue weighted by Gasteiger charge is 2.26. The smallest absolute Gasteiger partial charge is 0.289 e. The van der Waals surface area contributed by atoms with Crippen molar-refractivity contribution < 1.29 is 17.9 Å². The molecule has 112 valence electrons. The minimum Gasteiger partial charge on any atom is -0.337 e. The van der Waals surface area contributed by atoms with E-state index in [2.05, 4.69) is 10.1 Å². The molecule has 0 atom stereocenters. The van der Waals surface area contributed by atoms with Crippen molar-refractivity contribution in [2.45, 2.75) is 11.3 Å². The van der Waals surface area contributed by atoms with Crippen molar-refractivity contribution in [3.8, 4) is 0 Å². The van der Waals surface area contributed by atoms with E-state index in [4.69, 9.17) is 10.3 Å². The van der Waals surface area contributed by atoms with Crippen LogP contribution < -0.4 is 10.5 Å². The molecule has 21 heavy (non-hydrogen) atoms. The second kappa shape index (κ2) is 5.85. The summed E-state index contributed by atoms with van der Waals surface area (Å²) in [5.41, 5.74) is 4.75. The number of rotatable bonds is 6. The second-order valence-corrected chi connectivity index (χ2v) is 5.53. The SMILES string of the molecule is NCCc1nc(NS(=O)(=O)c2ccccc2[N+](=O)[O-])no1. The Balaban J connectivity index is 2.32. The van der Waals surface area contributed by atoms with Crippen molar-refractivity contribution in [1.29, 1.82) is 0 Å². The van der Waals surface area contributed by atoms with Crippen LogP contribution in [0.1, 0.15) is 5.89 Å². The summed E-state index contributed by atoms with van der Waals surface area (Å²) in [7, 11) is -4.20. The van der Waals surface area contributed by atoms with Crippen LogP contribution in [0.4, 0.5) is 11.6 Å². The normalized spacial score (nSPS) is 11.3. The van der Waals surface area contributed by atoms with E-state index in [9.17, 15) is 18.5 Å². The number of nitro groups is 1. The summed E-state index contributed by atoms with van der Waals surface area (Å²) < 4.78 is 31.0. The zero-order valence-corrected chi connectivity index (χ0v) is 11.4. The number of sulfonamides is 1. The molecule has 2 rings (SSSR count). The summed E-state index contributed by atoms with van der Waals surface area (Å²) in [5, 5.41) is 14.3. The first-order valence-electron chi connectivity index (χ1n) is 5.73. The molecule has 0 saturated heterocycles. The van der Waals surface area contributed by atoms with Crippen LogP contribution in [-0.4, -0.2) is 30.0 Å². The van der Waals surface area contributed by atoms with Crippen LogP contribution in [0.2, 0.25) is 0 Å². The van der Waals surface area contributed by atoms with Gasteiger partial charge in [0.25, 0.3) is 21.7 Å². The Morgan fingerprint density at radius 1 is 1.38 bits per heavy atom. The fourth-order valence-electron chi connectivity index (χ4n) is 1.53. The zero-order valence-electron chi connectivity index (χ0n) is 10.6. The Bertz CT molecular complexity index is 757. The number of benzene rings is 1. The molecule has 1 heterocycles. The van der Waals surface area contributed by atoms with Gasteiger partial charge >= 0.3 is 0 Å². The quantitative estimate of drug-likeness (QED) is 0.569. The molecule has 11 heteroatoms. The summed E-state index contributed by atoms with van der Waals surface area (Å²) in [4.78, 5) is 13.4. The maximum atomic E-state index is 12.1. The molecule has 0 spiro atoms. The van der Waals surface area contributed by atoms with Crippen LogP contribution in [0.5, 0.6) is 0 Å². The number of hydrogen-bond acceptors (Lipinski definition) is 8. The number of nitrogens with zero attached hydrogens (tertiary/aromatic N) is 3. The highest BCUT2D eigenvalue weighted by Crippen LogP contribution is 2.24. The predicted octanol–water partition coefficient (Wildman–Crippen LogP) is 0.280. The van der Waals surface area contributed by atoms with Gasteiger partial charge in [0.05, 0.1) is 4.92 Å². The number of nitro benzene ring substituents is 1. The van der Waals surface area contributed by atoms with Gasteiger partial charge in [-0.3, -0.25) is 10.1 Å². The van der Waals surface area contributed by atoms with Crippen molar-refractivity contribution in [3.05, 3.63) is 40.3 Å². The van der Waals surface area contributed by atoms with Crippen LogP contribution in [0.3, 0.4) is 0 Å². The third-order valence-corrected chi connectivity index (χ3v) is 3.78. The Labute approximate surface area is 119 Å². The lowest BCUT2D eigenvalue weighted by atomic mass is 10.3. The van der Waals surface area contributed by atoms with Crippen LogP contribution >= 0.6 is 0 Å². The van der Waals surface area contributed by atoms with Crippen molar-refractivity contribution >= 4 is 21.7 Å². The minimum absolute atomic E-state index is 0.165. The molecular weight excluding hydrogens is 302 g/mol. The monoisotopic (exact) mass is 313 g/mol. The molecule has 0 aliphatic heterocycles. The number of anilines is 1. The fourth-order valence-corrected chi connectivity index (χ4v) is 2.64. The van der Waals surface area contributed by atoms with E-state index >= 15 is 0 Å². The molecule has 1 aromatic heterocycles. The lowest BCUT2D eigenvalue weighted by Crippen LogP contribution is -2.15. The van der Waals surface area contributed by atoms with E-state index in [-0.39, 0.29) is 18.4 Å². The largest absolute Gasteiger partial charge is 0.337 e. The van der Waals surface area contributed by atoms with E-state index in [0.717, 1.165) is 12.1 Å². The molecule has 0 saturated carbocycles. The lowest BCUT2D eigenvalue weighted by Gasteiger charge is -2.04. The number of hydrogen-bond donors (Lipinski definition) is 2. The average Bonchev–Trinajstić information content (AvgIpc) is 2.86. The molecular formula is C10H11N5O5S. The molecule has 0 aliphatic carbocycles.